The standard InChI is InChI=1S/C21H18Cl2N2O8/c22-10-6-5-9(12(23)7-10)8-25-13-4-2-1-3-11(13)14(24-25)20(31)33-21-17(28)15(26)16(27)18(32-21)19(29)30/h1-7,15-18,21,26-28H,8H2,(H,29,30)/t15-,16-,17+,18-,21-/m0/s1. The van der Waals surface area contributed by atoms with Crippen LogP contribution in [-0.4, -0.2) is 72.9 Å². The average Bonchev–Trinajstić information content (AvgIpc) is 3.14. The van der Waals surface area contributed by atoms with Gasteiger partial charge in [-0.2, -0.15) is 5.10 Å². The number of nitrogens with zero attached hydrogens (tertiary/aromatic N) is 2. The van der Waals surface area contributed by atoms with Crippen molar-refractivity contribution >= 4 is 46.0 Å². The van der Waals surface area contributed by atoms with E-state index in [2.05, 4.69) is 5.10 Å². The number of hydrogen-bond donors (Lipinski definition) is 4. The maximum atomic E-state index is 12.9. The fourth-order valence-electron chi connectivity index (χ4n) is 3.52. The zero-order valence-electron chi connectivity index (χ0n) is 16.7. The number of carbonyl (C=O) groups is 2. The van der Waals surface area contributed by atoms with Crippen molar-refractivity contribution in [3.8, 4) is 0 Å². The summed E-state index contributed by atoms with van der Waals surface area (Å²) in [5, 5.41) is 44.6. The Kier molecular flexibility index (Phi) is 6.57. The first-order valence-electron chi connectivity index (χ1n) is 9.70. The van der Waals surface area contributed by atoms with Crippen LogP contribution in [0.1, 0.15) is 16.1 Å². The third kappa shape index (κ3) is 4.54. The molecule has 3 aromatic rings. The number of aliphatic hydroxyl groups excluding tert-OH is 3. The van der Waals surface area contributed by atoms with Crippen LogP contribution in [0.3, 0.4) is 0 Å². The number of aromatic nitrogens is 2. The van der Waals surface area contributed by atoms with Crippen molar-refractivity contribution in [3.05, 3.63) is 63.8 Å². The highest BCUT2D eigenvalue weighted by molar-refractivity contribution is 6.35. The van der Waals surface area contributed by atoms with E-state index in [1.807, 2.05) is 0 Å². The number of carbonyl (C=O) groups excluding carboxylic acids is 1. The molecule has 0 saturated carbocycles. The van der Waals surface area contributed by atoms with Gasteiger partial charge in [0, 0.05) is 15.4 Å². The van der Waals surface area contributed by atoms with Crippen molar-refractivity contribution in [2.45, 2.75) is 37.3 Å². The Bertz CT molecular complexity index is 1220. The number of carboxylic acids is 1. The fraction of sp³-hybridized carbons (Fsp3) is 0.286. The zero-order valence-corrected chi connectivity index (χ0v) is 18.2. The van der Waals surface area contributed by atoms with E-state index in [0.717, 1.165) is 0 Å². The molecule has 1 aliphatic heterocycles. The number of aliphatic carboxylic acids is 1. The summed E-state index contributed by atoms with van der Waals surface area (Å²) in [5.74, 6) is -2.62. The monoisotopic (exact) mass is 496 g/mol. The Morgan fingerprint density at radius 3 is 2.48 bits per heavy atom. The topological polar surface area (TPSA) is 151 Å². The molecule has 0 bridgehead atoms. The molecule has 0 radical (unpaired) electrons. The Labute approximate surface area is 196 Å². The van der Waals surface area contributed by atoms with Gasteiger partial charge in [-0.1, -0.05) is 47.5 Å². The molecule has 2 heterocycles. The fourth-order valence-corrected chi connectivity index (χ4v) is 3.99. The molecule has 1 fully saturated rings. The van der Waals surface area contributed by atoms with Gasteiger partial charge in [0.2, 0.25) is 6.29 Å². The molecule has 33 heavy (non-hydrogen) atoms. The summed E-state index contributed by atoms with van der Waals surface area (Å²) in [5.41, 5.74) is 1.15. The number of carboxylic acid groups (broad SMARTS) is 1. The summed E-state index contributed by atoms with van der Waals surface area (Å²) >= 11 is 12.2. The molecular formula is C21H18Cl2N2O8. The predicted octanol–water partition coefficient (Wildman–Crippen LogP) is 1.44. The lowest BCUT2D eigenvalue weighted by Gasteiger charge is -2.37. The first-order valence-corrected chi connectivity index (χ1v) is 10.5. The Hall–Kier alpha value is -2.73. The van der Waals surface area contributed by atoms with Gasteiger partial charge in [-0.3, -0.25) is 4.68 Å². The number of benzene rings is 2. The van der Waals surface area contributed by atoms with Gasteiger partial charge in [0.1, 0.15) is 18.3 Å². The predicted molar refractivity (Wildman–Crippen MR) is 115 cm³/mol. The van der Waals surface area contributed by atoms with Crippen molar-refractivity contribution in [1.29, 1.82) is 0 Å². The summed E-state index contributed by atoms with van der Waals surface area (Å²) in [6.07, 6.45) is -9.43. The molecule has 4 rings (SSSR count). The number of rotatable bonds is 5. The third-order valence-corrected chi connectivity index (χ3v) is 5.81. The van der Waals surface area contributed by atoms with Gasteiger partial charge in [-0.05, 0) is 23.8 Å². The summed E-state index contributed by atoms with van der Waals surface area (Å²) in [6.45, 7) is 0.207. The minimum absolute atomic E-state index is 0.126. The SMILES string of the molecule is O=C(O[C@@H]1O[C@H](C(=O)O)[C@@H](O)[C@H](O)[C@H]1O)c1nn(Cc2ccc(Cl)cc2Cl)c2ccccc12. The van der Waals surface area contributed by atoms with Gasteiger partial charge in [0.15, 0.2) is 11.8 Å². The van der Waals surface area contributed by atoms with E-state index in [1.165, 1.54) is 4.68 Å². The smallest absolute Gasteiger partial charge is 0.361 e. The first-order chi connectivity index (χ1) is 15.7. The van der Waals surface area contributed by atoms with Crippen molar-refractivity contribution in [1.82, 2.24) is 9.78 Å². The number of fused-ring (bicyclic) bond motifs is 1. The molecule has 0 spiro atoms. The lowest BCUT2D eigenvalue weighted by atomic mass is 9.99. The van der Waals surface area contributed by atoms with Crippen LogP contribution in [0.15, 0.2) is 42.5 Å². The number of aliphatic hydroxyl groups is 3. The van der Waals surface area contributed by atoms with E-state index in [1.54, 1.807) is 42.5 Å². The Balaban J connectivity index is 1.63. The van der Waals surface area contributed by atoms with Crippen LogP contribution >= 0.6 is 23.2 Å². The molecular weight excluding hydrogens is 479 g/mol. The van der Waals surface area contributed by atoms with Gasteiger partial charge < -0.3 is 29.9 Å². The average molecular weight is 497 g/mol. The quantitative estimate of drug-likeness (QED) is 0.384. The Morgan fingerprint density at radius 1 is 1.06 bits per heavy atom. The molecule has 12 heteroatoms. The van der Waals surface area contributed by atoms with Gasteiger partial charge in [-0.15, -0.1) is 0 Å². The Morgan fingerprint density at radius 2 is 1.79 bits per heavy atom. The lowest BCUT2D eigenvalue weighted by Crippen LogP contribution is -2.60. The normalized spacial score (nSPS) is 25.2. The maximum Gasteiger partial charge on any atom is 0.361 e. The van der Waals surface area contributed by atoms with Crippen LogP contribution < -0.4 is 0 Å². The van der Waals surface area contributed by atoms with E-state index in [0.29, 0.717) is 26.5 Å². The van der Waals surface area contributed by atoms with E-state index >= 15 is 0 Å². The molecule has 1 saturated heterocycles. The molecule has 10 nitrogen and oxygen atoms in total. The summed E-state index contributed by atoms with van der Waals surface area (Å²) in [7, 11) is 0. The molecule has 2 aromatic carbocycles. The summed E-state index contributed by atoms with van der Waals surface area (Å²) in [4.78, 5) is 24.2. The van der Waals surface area contributed by atoms with Gasteiger partial charge in [0.25, 0.3) is 0 Å². The molecule has 0 unspecified atom stereocenters. The van der Waals surface area contributed by atoms with Crippen LogP contribution in [0.2, 0.25) is 10.0 Å². The summed E-state index contributed by atoms with van der Waals surface area (Å²) < 4.78 is 11.7. The third-order valence-electron chi connectivity index (χ3n) is 5.22. The van der Waals surface area contributed by atoms with Crippen LogP contribution in [0, 0.1) is 0 Å². The molecule has 5 atom stereocenters. The number of para-hydroxylation sites is 1. The number of esters is 1. The van der Waals surface area contributed by atoms with E-state index in [9.17, 15) is 24.9 Å². The molecule has 1 aliphatic rings. The van der Waals surface area contributed by atoms with E-state index in [4.69, 9.17) is 37.8 Å². The molecule has 174 valence electrons. The number of halogens is 2. The summed E-state index contributed by atoms with van der Waals surface area (Å²) in [6, 6.07) is 11.8. The van der Waals surface area contributed by atoms with Gasteiger partial charge >= 0.3 is 11.9 Å². The lowest BCUT2D eigenvalue weighted by molar-refractivity contribution is -0.278. The molecule has 0 aliphatic carbocycles. The van der Waals surface area contributed by atoms with E-state index in [-0.39, 0.29) is 12.2 Å². The van der Waals surface area contributed by atoms with Crippen molar-refractivity contribution in [2.75, 3.05) is 0 Å². The van der Waals surface area contributed by atoms with Crippen molar-refractivity contribution < 1.29 is 39.5 Å². The number of ether oxygens (including phenoxy) is 2. The van der Waals surface area contributed by atoms with Crippen LogP contribution in [0.25, 0.3) is 10.9 Å². The van der Waals surface area contributed by atoms with E-state index < -0.39 is 42.6 Å². The van der Waals surface area contributed by atoms with Crippen LogP contribution in [0.4, 0.5) is 0 Å². The second kappa shape index (κ2) is 9.26. The zero-order chi connectivity index (χ0) is 23.9. The maximum absolute atomic E-state index is 12.9. The van der Waals surface area contributed by atoms with Crippen LogP contribution in [0.5, 0.6) is 0 Å². The molecule has 0 amide bonds. The highest BCUT2D eigenvalue weighted by Gasteiger charge is 2.48. The van der Waals surface area contributed by atoms with Gasteiger partial charge in [0.05, 0.1) is 12.1 Å². The molecule has 1 aromatic heterocycles. The highest BCUT2D eigenvalue weighted by Crippen LogP contribution is 2.27. The van der Waals surface area contributed by atoms with Gasteiger partial charge in [-0.25, -0.2) is 9.59 Å². The minimum Gasteiger partial charge on any atom is -0.479 e. The minimum atomic E-state index is -1.91. The molecule has 4 N–H and O–H groups in total. The van der Waals surface area contributed by atoms with Crippen LogP contribution in [-0.2, 0) is 20.8 Å². The largest absolute Gasteiger partial charge is 0.479 e. The van der Waals surface area contributed by atoms with Crippen molar-refractivity contribution in [2.24, 2.45) is 0 Å². The second-order valence-electron chi connectivity index (χ2n) is 7.40. The second-order valence-corrected chi connectivity index (χ2v) is 8.24. The number of hydrogen-bond acceptors (Lipinski definition) is 8. The van der Waals surface area contributed by atoms with Crippen molar-refractivity contribution in [3.63, 3.8) is 0 Å². The first kappa shape index (κ1) is 23.4. The highest BCUT2D eigenvalue weighted by atomic mass is 35.5.